The number of hydrogen-bond donors (Lipinski definition) is 3. The third kappa shape index (κ3) is 2.91. The number of ether oxygens (including phenoxy) is 1. The summed E-state index contributed by atoms with van der Waals surface area (Å²) in [7, 11) is 0. The summed E-state index contributed by atoms with van der Waals surface area (Å²) in [6.45, 7) is 1.75. The van der Waals surface area contributed by atoms with Crippen LogP contribution in [0.4, 0.5) is 5.69 Å². The second-order valence-electron chi connectivity index (χ2n) is 3.19. The molecule has 1 rings (SSSR count). The summed E-state index contributed by atoms with van der Waals surface area (Å²) < 4.78 is 4.58. The highest BCUT2D eigenvalue weighted by Crippen LogP contribution is 2.18. The maximum atomic E-state index is 11.2. The molecule has 1 heterocycles. The average Bonchev–Trinajstić information content (AvgIpc) is 2.27. The Morgan fingerprint density at radius 3 is 2.81 bits per heavy atom. The van der Waals surface area contributed by atoms with Gasteiger partial charge in [0.15, 0.2) is 6.10 Å². The Balaban J connectivity index is 2.77. The Bertz CT molecular complexity index is 370. The van der Waals surface area contributed by atoms with Crippen LogP contribution in [0.5, 0.6) is 0 Å². The molecule has 1 aromatic heterocycles. The minimum absolute atomic E-state index is 0.137. The van der Waals surface area contributed by atoms with Crippen molar-refractivity contribution in [2.45, 2.75) is 19.1 Å². The molecule has 0 spiro atoms. The van der Waals surface area contributed by atoms with E-state index in [0.29, 0.717) is 5.69 Å². The van der Waals surface area contributed by atoms with Gasteiger partial charge in [0.1, 0.15) is 6.10 Å². The van der Waals surface area contributed by atoms with Gasteiger partial charge >= 0.3 is 5.97 Å². The Labute approximate surface area is 92.7 Å². The molecule has 16 heavy (non-hydrogen) atoms. The minimum Gasteiger partial charge on any atom is -0.464 e. The number of aliphatic hydroxyl groups is 2. The Morgan fingerprint density at radius 1 is 1.56 bits per heavy atom. The van der Waals surface area contributed by atoms with Crippen LogP contribution in [0.15, 0.2) is 18.5 Å². The van der Waals surface area contributed by atoms with Crippen LogP contribution in [-0.4, -0.2) is 33.9 Å². The zero-order valence-electron chi connectivity index (χ0n) is 8.83. The topological polar surface area (TPSA) is 106 Å². The molecule has 1 aromatic rings. The molecule has 6 nitrogen and oxygen atoms in total. The molecule has 0 saturated carbocycles. The number of nitrogens with zero attached hydrogens (tertiary/aromatic N) is 1. The van der Waals surface area contributed by atoms with Gasteiger partial charge < -0.3 is 20.7 Å². The van der Waals surface area contributed by atoms with E-state index in [2.05, 4.69) is 9.72 Å². The van der Waals surface area contributed by atoms with Crippen molar-refractivity contribution in [3.8, 4) is 0 Å². The molecule has 0 aromatic carbocycles. The van der Waals surface area contributed by atoms with Gasteiger partial charge in [0.25, 0.3) is 0 Å². The minimum atomic E-state index is -1.64. The second-order valence-corrected chi connectivity index (χ2v) is 3.19. The van der Waals surface area contributed by atoms with Crippen LogP contribution in [0.2, 0.25) is 0 Å². The fourth-order valence-corrected chi connectivity index (χ4v) is 1.18. The van der Waals surface area contributed by atoms with Crippen molar-refractivity contribution in [2.75, 3.05) is 12.3 Å². The fraction of sp³-hybridized carbons (Fsp3) is 0.400. The van der Waals surface area contributed by atoms with Gasteiger partial charge in [0, 0.05) is 18.0 Å². The van der Waals surface area contributed by atoms with Crippen molar-refractivity contribution in [2.24, 2.45) is 0 Å². The van der Waals surface area contributed by atoms with E-state index in [-0.39, 0.29) is 12.2 Å². The molecule has 2 unspecified atom stereocenters. The Hall–Kier alpha value is -1.66. The first kappa shape index (κ1) is 12.4. The number of carbonyl (C=O) groups excluding carboxylic acids is 1. The third-order valence-electron chi connectivity index (χ3n) is 1.95. The van der Waals surface area contributed by atoms with E-state index >= 15 is 0 Å². The molecule has 4 N–H and O–H groups in total. The van der Waals surface area contributed by atoms with E-state index in [9.17, 15) is 15.0 Å². The van der Waals surface area contributed by atoms with Gasteiger partial charge in [-0.3, -0.25) is 4.98 Å². The van der Waals surface area contributed by atoms with Crippen molar-refractivity contribution in [1.29, 1.82) is 0 Å². The van der Waals surface area contributed by atoms with Crippen LogP contribution in [0.25, 0.3) is 0 Å². The zero-order chi connectivity index (χ0) is 12.1. The van der Waals surface area contributed by atoms with Crippen LogP contribution in [0.3, 0.4) is 0 Å². The highest BCUT2D eigenvalue weighted by Gasteiger charge is 2.27. The highest BCUT2D eigenvalue weighted by molar-refractivity contribution is 5.75. The van der Waals surface area contributed by atoms with E-state index in [0.717, 1.165) is 0 Å². The number of nitrogens with two attached hydrogens (primary N) is 1. The molecule has 88 valence electrons. The lowest BCUT2D eigenvalue weighted by atomic mass is 10.1. The third-order valence-corrected chi connectivity index (χ3v) is 1.95. The Kier molecular flexibility index (Phi) is 4.21. The first-order valence-electron chi connectivity index (χ1n) is 4.79. The lowest BCUT2D eigenvalue weighted by Crippen LogP contribution is -2.30. The molecule has 6 heteroatoms. The van der Waals surface area contributed by atoms with E-state index < -0.39 is 18.2 Å². The van der Waals surface area contributed by atoms with Gasteiger partial charge in [-0.1, -0.05) is 0 Å². The van der Waals surface area contributed by atoms with Crippen molar-refractivity contribution in [3.63, 3.8) is 0 Å². The van der Waals surface area contributed by atoms with Gasteiger partial charge in [-0.2, -0.15) is 0 Å². The number of esters is 1. The average molecular weight is 226 g/mol. The van der Waals surface area contributed by atoms with Gasteiger partial charge in [-0.15, -0.1) is 0 Å². The van der Waals surface area contributed by atoms with E-state index in [4.69, 9.17) is 5.73 Å². The Morgan fingerprint density at radius 2 is 2.25 bits per heavy atom. The summed E-state index contributed by atoms with van der Waals surface area (Å²) >= 11 is 0. The molecule has 0 saturated heterocycles. The summed E-state index contributed by atoms with van der Waals surface area (Å²) in [5, 5.41) is 19.1. The van der Waals surface area contributed by atoms with Crippen molar-refractivity contribution < 1.29 is 19.7 Å². The fourth-order valence-electron chi connectivity index (χ4n) is 1.18. The van der Waals surface area contributed by atoms with Crippen LogP contribution in [-0.2, 0) is 9.53 Å². The summed E-state index contributed by atoms with van der Waals surface area (Å²) in [6, 6.07) is 1.43. The first-order valence-corrected chi connectivity index (χ1v) is 4.79. The number of pyridine rings is 1. The maximum Gasteiger partial charge on any atom is 0.338 e. The predicted octanol–water partition coefficient (Wildman–Crippen LogP) is -0.379. The summed E-state index contributed by atoms with van der Waals surface area (Å²) in [6.07, 6.45) is -0.310. The van der Waals surface area contributed by atoms with Crippen molar-refractivity contribution in [3.05, 3.63) is 24.0 Å². The molecule has 0 amide bonds. The quantitative estimate of drug-likeness (QED) is 0.604. The molecule has 0 radical (unpaired) electrons. The van der Waals surface area contributed by atoms with Crippen molar-refractivity contribution in [1.82, 2.24) is 4.98 Å². The number of nitrogen functional groups attached to an aromatic ring is 1. The standard InChI is InChI=1S/C10H14N2O4/c1-2-16-10(15)9(14)8(13)6-3-7(11)5-12-4-6/h3-5,8-9,13-14H,2,11H2,1H3. The van der Waals surface area contributed by atoms with E-state index in [1.54, 1.807) is 6.92 Å². The molecule has 2 atom stereocenters. The zero-order valence-corrected chi connectivity index (χ0v) is 8.83. The normalized spacial score (nSPS) is 14.2. The van der Waals surface area contributed by atoms with Crippen molar-refractivity contribution >= 4 is 11.7 Å². The molecular formula is C10H14N2O4. The number of carbonyl (C=O) groups is 1. The van der Waals surface area contributed by atoms with Crippen LogP contribution in [0.1, 0.15) is 18.6 Å². The van der Waals surface area contributed by atoms with Gasteiger partial charge in [-0.05, 0) is 13.0 Å². The monoisotopic (exact) mass is 226 g/mol. The molecular weight excluding hydrogens is 212 g/mol. The van der Waals surface area contributed by atoms with Gasteiger partial charge in [0.2, 0.25) is 0 Å². The smallest absolute Gasteiger partial charge is 0.338 e. The molecule has 0 bridgehead atoms. The number of rotatable bonds is 4. The summed E-state index contributed by atoms with van der Waals surface area (Å²) in [5.41, 5.74) is 6.06. The van der Waals surface area contributed by atoms with Gasteiger partial charge in [-0.25, -0.2) is 4.79 Å². The molecule has 0 fully saturated rings. The maximum absolute atomic E-state index is 11.2. The number of aliphatic hydroxyl groups excluding tert-OH is 2. The predicted molar refractivity (Wildman–Crippen MR) is 56.2 cm³/mol. The SMILES string of the molecule is CCOC(=O)C(O)C(O)c1cncc(N)c1. The van der Waals surface area contributed by atoms with Crippen LogP contribution >= 0.6 is 0 Å². The number of aromatic nitrogens is 1. The molecule has 0 aliphatic heterocycles. The summed E-state index contributed by atoms with van der Waals surface area (Å²) in [5.74, 6) is -0.877. The second kappa shape index (κ2) is 5.43. The number of anilines is 1. The lowest BCUT2D eigenvalue weighted by molar-refractivity contribution is -0.159. The molecule has 0 aliphatic carbocycles. The van der Waals surface area contributed by atoms with Crippen LogP contribution < -0.4 is 5.73 Å². The number of hydrogen-bond acceptors (Lipinski definition) is 6. The first-order chi connectivity index (χ1) is 7.56. The highest BCUT2D eigenvalue weighted by atomic mass is 16.5. The largest absolute Gasteiger partial charge is 0.464 e. The molecule has 0 aliphatic rings. The van der Waals surface area contributed by atoms with E-state index in [1.165, 1.54) is 18.5 Å². The van der Waals surface area contributed by atoms with Crippen LogP contribution in [0, 0.1) is 0 Å². The summed E-state index contributed by atoms with van der Waals surface area (Å²) in [4.78, 5) is 14.9. The van der Waals surface area contributed by atoms with Gasteiger partial charge in [0.05, 0.1) is 12.3 Å². The van der Waals surface area contributed by atoms with E-state index in [1.807, 2.05) is 0 Å². The lowest BCUT2D eigenvalue weighted by Gasteiger charge is -2.16.